The molecule has 0 saturated carbocycles. The SMILES string of the molecule is CC(C)(C)C1CCN(c2ccc(C=O)c(Br)c2)C1. The Morgan fingerprint density at radius 1 is 1.39 bits per heavy atom. The standard InChI is InChI=1S/C15H20BrNO/c1-15(2,3)12-6-7-17(9-12)13-5-4-11(10-18)14(16)8-13/h4-5,8,10,12H,6-7,9H2,1-3H3. The predicted molar refractivity (Wildman–Crippen MR) is 79.3 cm³/mol. The second kappa shape index (κ2) is 5.04. The smallest absolute Gasteiger partial charge is 0.151 e. The molecule has 1 aromatic carbocycles. The number of halogens is 1. The van der Waals surface area contributed by atoms with Crippen molar-refractivity contribution in [1.82, 2.24) is 0 Å². The summed E-state index contributed by atoms with van der Waals surface area (Å²) in [6.45, 7) is 9.15. The summed E-state index contributed by atoms with van der Waals surface area (Å²) in [5.41, 5.74) is 2.29. The second-order valence-electron chi connectivity index (χ2n) is 6.12. The molecular weight excluding hydrogens is 290 g/mol. The maximum Gasteiger partial charge on any atom is 0.151 e. The van der Waals surface area contributed by atoms with E-state index in [4.69, 9.17) is 0 Å². The summed E-state index contributed by atoms with van der Waals surface area (Å²) < 4.78 is 0.884. The van der Waals surface area contributed by atoms with Crippen LogP contribution in [0.5, 0.6) is 0 Å². The molecular formula is C15H20BrNO. The highest BCUT2D eigenvalue weighted by Gasteiger charge is 2.31. The molecule has 1 atom stereocenters. The molecule has 0 bridgehead atoms. The molecule has 3 heteroatoms. The first-order chi connectivity index (χ1) is 8.41. The Morgan fingerprint density at radius 2 is 2.11 bits per heavy atom. The number of rotatable bonds is 2. The van der Waals surface area contributed by atoms with Gasteiger partial charge in [-0.15, -0.1) is 0 Å². The first-order valence-electron chi connectivity index (χ1n) is 6.41. The van der Waals surface area contributed by atoms with Crippen molar-refractivity contribution in [2.75, 3.05) is 18.0 Å². The molecule has 18 heavy (non-hydrogen) atoms. The van der Waals surface area contributed by atoms with Crippen LogP contribution in [0, 0.1) is 11.3 Å². The lowest BCUT2D eigenvalue weighted by Crippen LogP contribution is -2.25. The van der Waals surface area contributed by atoms with Gasteiger partial charge in [-0.2, -0.15) is 0 Å². The van der Waals surface area contributed by atoms with Gasteiger partial charge in [0.25, 0.3) is 0 Å². The monoisotopic (exact) mass is 309 g/mol. The molecule has 0 aliphatic carbocycles. The lowest BCUT2D eigenvalue weighted by Gasteiger charge is -2.27. The molecule has 1 saturated heterocycles. The molecule has 1 aromatic rings. The number of hydrogen-bond acceptors (Lipinski definition) is 2. The maximum atomic E-state index is 10.8. The maximum absolute atomic E-state index is 10.8. The largest absolute Gasteiger partial charge is 0.371 e. The van der Waals surface area contributed by atoms with Crippen molar-refractivity contribution in [3.8, 4) is 0 Å². The van der Waals surface area contributed by atoms with Crippen LogP contribution in [0.2, 0.25) is 0 Å². The Bertz CT molecular complexity index is 450. The molecule has 0 N–H and O–H groups in total. The van der Waals surface area contributed by atoms with Gasteiger partial charge in [-0.25, -0.2) is 0 Å². The molecule has 0 amide bonds. The number of benzene rings is 1. The zero-order chi connectivity index (χ0) is 13.3. The third-order valence-corrected chi connectivity index (χ3v) is 4.58. The van der Waals surface area contributed by atoms with E-state index in [9.17, 15) is 4.79 Å². The minimum Gasteiger partial charge on any atom is -0.371 e. The van der Waals surface area contributed by atoms with Gasteiger partial charge in [-0.3, -0.25) is 4.79 Å². The van der Waals surface area contributed by atoms with Gasteiger partial charge in [-0.1, -0.05) is 20.8 Å². The highest BCUT2D eigenvalue weighted by atomic mass is 79.9. The van der Waals surface area contributed by atoms with E-state index in [1.807, 2.05) is 12.1 Å². The fraction of sp³-hybridized carbons (Fsp3) is 0.533. The molecule has 1 aliphatic heterocycles. The van der Waals surface area contributed by atoms with E-state index in [0.29, 0.717) is 11.0 Å². The molecule has 0 aromatic heterocycles. The average molecular weight is 310 g/mol. The van der Waals surface area contributed by atoms with Gasteiger partial charge in [-0.05, 0) is 51.9 Å². The number of anilines is 1. The van der Waals surface area contributed by atoms with Crippen LogP contribution in [0.25, 0.3) is 0 Å². The van der Waals surface area contributed by atoms with Gasteiger partial charge >= 0.3 is 0 Å². The topological polar surface area (TPSA) is 20.3 Å². The Morgan fingerprint density at radius 3 is 2.61 bits per heavy atom. The average Bonchev–Trinajstić information content (AvgIpc) is 2.77. The van der Waals surface area contributed by atoms with Crippen LogP contribution in [-0.2, 0) is 0 Å². The van der Waals surface area contributed by atoms with E-state index in [0.717, 1.165) is 29.8 Å². The van der Waals surface area contributed by atoms with Gasteiger partial charge in [0, 0.05) is 28.8 Å². The third-order valence-electron chi connectivity index (χ3n) is 3.89. The van der Waals surface area contributed by atoms with Gasteiger partial charge in [0.2, 0.25) is 0 Å². The summed E-state index contributed by atoms with van der Waals surface area (Å²) in [5, 5.41) is 0. The Labute approximate surface area is 117 Å². The molecule has 1 heterocycles. The zero-order valence-electron chi connectivity index (χ0n) is 11.2. The van der Waals surface area contributed by atoms with E-state index in [-0.39, 0.29) is 0 Å². The van der Waals surface area contributed by atoms with Gasteiger partial charge in [0.15, 0.2) is 6.29 Å². The van der Waals surface area contributed by atoms with Crippen molar-refractivity contribution in [3.05, 3.63) is 28.2 Å². The van der Waals surface area contributed by atoms with Gasteiger partial charge < -0.3 is 4.90 Å². The Kier molecular flexibility index (Phi) is 3.81. The van der Waals surface area contributed by atoms with E-state index < -0.39 is 0 Å². The van der Waals surface area contributed by atoms with Crippen LogP contribution in [-0.4, -0.2) is 19.4 Å². The summed E-state index contributed by atoms with van der Waals surface area (Å²) >= 11 is 3.45. The first kappa shape index (κ1) is 13.6. The van der Waals surface area contributed by atoms with Crippen LogP contribution in [0.4, 0.5) is 5.69 Å². The van der Waals surface area contributed by atoms with Crippen LogP contribution >= 0.6 is 15.9 Å². The molecule has 0 spiro atoms. The van der Waals surface area contributed by atoms with Gasteiger partial charge in [0.1, 0.15) is 0 Å². The summed E-state index contributed by atoms with van der Waals surface area (Å²) in [7, 11) is 0. The summed E-state index contributed by atoms with van der Waals surface area (Å²) in [6, 6.07) is 5.98. The fourth-order valence-corrected chi connectivity index (χ4v) is 2.97. The normalized spacial score (nSPS) is 20.2. The zero-order valence-corrected chi connectivity index (χ0v) is 12.8. The minimum atomic E-state index is 0.370. The van der Waals surface area contributed by atoms with E-state index in [2.05, 4.69) is 47.7 Å². The number of aldehydes is 1. The van der Waals surface area contributed by atoms with E-state index in [1.54, 1.807) is 0 Å². The molecule has 1 aliphatic rings. The lowest BCUT2D eigenvalue weighted by molar-refractivity contribution is 0.112. The van der Waals surface area contributed by atoms with Crippen molar-refractivity contribution in [2.45, 2.75) is 27.2 Å². The van der Waals surface area contributed by atoms with Crippen LogP contribution in [0.3, 0.4) is 0 Å². The number of nitrogens with zero attached hydrogens (tertiary/aromatic N) is 1. The quantitative estimate of drug-likeness (QED) is 0.765. The summed E-state index contributed by atoms with van der Waals surface area (Å²) in [6.07, 6.45) is 2.13. The minimum absolute atomic E-state index is 0.370. The second-order valence-corrected chi connectivity index (χ2v) is 6.98. The van der Waals surface area contributed by atoms with Crippen LogP contribution < -0.4 is 4.90 Å². The van der Waals surface area contributed by atoms with Crippen molar-refractivity contribution >= 4 is 27.9 Å². The van der Waals surface area contributed by atoms with Crippen molar-refractivity contribution in [2.24, 2.45) is 11.3 Å². The molecule has 2 nitrogen and oxygen atoms in total. The van der Waals surface area contributed by atoms with Crippen molar-refractivity contribution in [1.29, 1.82) is 0 Å². The number of carbonyl (C=O) groups excluding carboxylic acids is 1. The summed E-state index contributed by atoms with van der Waals surface area (Å²) in [5.74, 6) is 0.738. The van der Waals surface area contributed by atoms with Crippen molar-refractivity contribution < 1.29 is 4.79 Å². The molecule has 0 radical (unpaired) electrons. The molecule has 1 unspecified atom stereocenters. The molecule has 2 rings (SSSR count). The van der Waals surface area contributed by atoms with E-state index in [1.165, 1.54) is 12.1 Å². The molecule has 98 valence electrons. The Balaban J connectivity index is 2.15. The van der Waals surface area contributed by atoms with Gasteiger partial charge in [0.05, 0.1) is 0 Å². The molecule has 1 fully saturated rings. The van der Waals surface area contributed by atoms with Crippen molar-refractivity contribution in [3.63, 3.8) is 0 Å². The third kappa shape index (κ3) is 2.77. The van der Waals surface area contributed by atoms with Crippen LogP contribution in [0.1, 0.15) is 37.6 Å². The highest BCUT2D eigenvalue weighted by molar-refractivity contribution is 9.10. The number of carbonyl (C=O) groups is 1. The highest BCUT2D eigenvalue weighted by Crippen LogP contribution is 2.36. The van der Waals surface area contributed by atoms with E-state index >= 15 is 0 Å². The summed E-state index contributed by atoms with van der Waals surface area (Å²) in [4.78, 5) is 13.2. The lowest BCUT2D eigenvalue weighted by atomic mass is 9.80. The predicted octanol–water partition coefficient (Wildman–Crippen LogP) is 4.13. The van der Waals surface area contributed by atoms with Crippen LogP contribution in [0.15, 0.2) is 22.7 Å². The first-order valence-corrected chi connectivity index (χ1v) is 7.21. The fourth-order valence-electron chi connectivity index (χ4n) is 2.51. The Hall–Kier alpha value is -0.830. The number of hydrogen-bond donors (Lipinski definition) is 0.